The molecule has 1 heterocycles. The summed E-state index contributed by atoms with van der Waals surface area (Å²) in [6.45, 7) is 5.91. The van der Waals surface area contributed by atoms with E-state index in [0.29, 0.717) is 6.61 Å². The second kappa shape index (κ2) is 7.32. The van der Waals surface area contributed by atoms with E-state index in [2.05, 4.69) is 0 Å². The Morgan fingerprint density at radius 1 is 1.22 bits per heavy atom. The highest BCUT2D eigenvalue weighted by Gasteiger charge is 2.53. The van der Waals surface area contributed by atoms with Gasteiger partial charge in [-0.3, -0.25) is 9.59 Å². The SMILES string of the molecule is CCOC(=O)C1C2CCC(C2)N1C(=O)C(CC(=O)OC)C(C)C. The summed E-state index contributed by atoms with van der Waals surface area (Å²) in [5.41, 5.74) is 0. The first kappa shape index (κ1) is 17.8. The molecule has 4 atom stereocenters. The molecule has 6 nitrogen and oxygen atoms in total. The number of amides is 1. The fourth-order valence-corrected chi connectivity index (χ4v) is 3.90. The molecular formula is C17H27NO5. The summed E-state index contributed by atoms with van der Waals surface area (Å²) >= 11 is 0. The number of fused-ring (bicyclic) bond motifs is 2. The lowest BCUT2D eigenvalue weighted by Gasteiger charge is -2.36. The number of rotatable bonds is 6. The molecule has 1 aliphatic carbocycles. The van der Waals surface area contributed by atoms with Crippen LogP contribution in [0, 0.1) is 17.8 Å². The fraction of sp³-hybridized carbons (Fsp3) is 0.824. The van der Waals surface area contributed by atoms with Crippen LogP contribution in [0.2, 0.25) is 0 Å². The van der Waals surface area contributed by atoms with E-state index in [1.54, 1.807) is 11.8 Å². The number of methoxy groups -OCH3 is 1. The fourth-order valence-electron chi connectivity index (χ4n) is 3.90. The Balaban J connectivity index is 2.20. The molecule has 2 rings (SSSR count). The number of esters is 2. The number of piperidine rings is 1. The Morgan fingerprint density at radius 3 is 2.48 bits per heavy atom. The Kier molecular flexibility index (Phi) is 5.65. The van der Waals surface area contributed by atoms with E-state index in [0.717, 1.165) is 19.3 Å². The van der Waals surface area contributed by atoms with Gasteiger partial charge in [-0.2, -0.15) is 0 Å². The maximum Gasteiger partial charge on any atom is 0.329 e. The monoisotopic (exact) mass is 325 g/mol. The third-order valence-electron chi connectivity index (χ3n) is 5.10. The van der Waals surface area contributed by atoms with E-state index in [1.165, 1.54) is 7.11 Å². The first-order chi connectivity index (χ1) is 10.9. The second-order valence-electron chi connectivity index (χ2n) is 6.80. The molecule has 1 saturated carbocycles. The molecule has 23 heavy (non-hydrogen) atoms. The van der Waals surface area contributed by atoms with Crippen LogP contribution in [-0.2, 0) is 23.9 Å². The van der Waals surface area contributed by atoms with Crippen molar-refractivity contribution in [3.8, 4) is 0 Å². The van der Waals surface area contributed by atoms with Crippen molar-refractivity contribution in [3.05, 3.63) is 0 Å². The van der Waals surface area contributed by atoms with Crippen molar-refractivity contribution >= 4 is 17.8 Å². The molecule has 1 saturated heterocycles. The van der Waals surface area contributed by atoms with Crippen LogP contribution < -0.4 is 0 Å². The zero-order valence-corrected chi connectivity index (χ0v) is 14.4. The van der Waals surface area contributed by atoms with Gasteiger partial charge in [-0.15, -0.1) is 0 Å². The predicted octanol–water partition coefficient (Wildman–Crippen LogP) is 1.76. The summed E-state index contributed by atoms with van der Waals surface area (Å²) < 4.78 is 9.89. The summed E-state index contributed by atoms with van der Waals surface area (Å²) in [5, 5.41) is 0. The molecule has 6 heteroatoms. The number of likely N-dealkylation sites (tertiary alicyclic amines) is 1. The number of hydrogen-bond acceptors (Lipinski definition) is 5. The van der Waals surface area contributed by atoms with Gasteiger partial charge in [0.15, 0.2) is 0 Å². The van der Waals surface area contributed by atoms with E-state index in [4.69, 9.17) is 9.47 Å². The van der Waals surface area contributed by atoms with Crippen molar-refractivity contribution in [3.63, 3.8) is 0 Å². The molecule has 1 aliphatic heterocycles. The van der Waals surface area contributed by atoms with Crippen molar-refractivity contribution in [1.29, 1.82) is 0 Å². The molecule has 0 N–H and O–H groups in total. The molecule has 4 unspecified atom stereocenters. The van der Waals surface area contributed by atoms with Gasteiger partial charge in [0.2, 0.25) is 5.91 Å². The minimum atomic E-state index is -0.486. The number of carbonyl (C=O) groups excluding carboxylic acids is 3. The Morgan fingerprint density at radius 2 is 1.91 bits per heavy atom. The van der Waals surface area contributed by atoms with Crippen LogP contribution in [-0.4, -0.2) is 48.5 Å². The highest BCUT2D eigenvalue weighted by atomic mass is 16.5. The van der Waals surface area contributed by atoms with Gasteiger partial charge in [0.05, 0.1) is 26.1 Å². The second-order valence-corrected chi connectivity index (χ2v) is 6.80. The van der Waals surface area contributed by atoms with Gasteiger partial charge in [-0.25, -0.2) is 4.79 Å². The minimum absolute atomic E-state index is 0.00331. The van der Waals surface area contributed by atoms with Crippen LogP contribution >= 0.6 is 0 Å². The lowest BCUT2D eigenvalue weighted by Crippen LogP contribution is -2.52. The highest BCUT2D eigenvalue weighted by molar-refractivity contribution is 5.89. The zero-order chi connectivity index (χ0) is 17.1. The van der Waals surface area contributed by atoms with Crippen molar-refractivity contribution in [1.82, 2.24) is 4.90 Å². The van der Waals surface area contributed by atoms with Gasteiger partial charge in [0, 0.05) is 6.04 Å². The standard InChI is InChI=1S/C17H27NO5/c1-5-23-17(21)15-11-6-7-12(8-11)18(15)16(20)13(10(2)3)9-14(19)22-4/h10-13,15H,5-9H2,1-4H3. The molecule has 2 fully saturated rings. The summed E-state index contributed by atoms with van der Waals surface area (Å²) in [5.74, 6) is -1.09. The van der Waals surface area contributed by atoms with Crippen LogP contribution in [0.1, 0.15) is 46.5 Å². The van der Waals surface area contributed by atoms with Gasteiger partial charge in [0.25, 0.3) is 0 Å². The van der Waals surface area contributed by atoms with Gasteiger partial charge < -0.3 is 14.4 Å². The predicted molar refractivity (Wildman–Crippen MR) is 83.4 cm³/mol. The molecule has 0 spiro atoms. The van der Waals surface area contributed by atoms with Gasteiger partial charge in [0.1, 0.15) is 6.04 Å². The lowest BCUT2D eigenvalue weighted by molar-refractivity contribution is -0.160. The number of carbonyl (C=O) groups is 3. The molecular weight excluding hydrogens is 298 g/mol. The van der Waals surface area contributed by atoms with Crippen LogP contribution in [0.4, 0.5) is 0 Å². The normalized spacial score (nSPS) is 27.2. The third kappa shape index (κ3) is 3.51. The van der Waals surface area contributed by atoms with E-state index in [-0.39, 0.29) is 36.2 Å². The van der Waals surface area contributed by atoms with E-state index in [9.17, 15) is 14.4 Å². The molecule has 0 aromatic rings. The maximum absolute atomic E-state index is 13.1. The summed E-state index contributed by atoms with van der Waals surface area (Å²) in [6.07, 6.45) is 2.80. The van der Waals surface area contributed by atoms with Crippen molar-refractivity contribution in [2.75, 3.05) is 13.7 Å². The Labute approximate surface area is 137 Å². The summed E-state index contributed by atoms with van der Waals surface area (Å²) in [7, 11) is 1.32. The number of ether oxygens (including phenoxy) is 2. The highest BCUT2D eigenvalue weighted by Crippen LogP contribution is 2.44. The molecule has 0 radical (unpaired) electrons. The van der Waals surface area contributed by atoms with E-state index >= 15 is 0 Å². The zero-order valence-electron chi connectivity index (χ0n) is 14.4. The largest absolute Gasteiger partial charge is 0.469 e. The average molecular weight is 325 g/mol. The number of hydrogen-bond donors (Lipinski definition) is 0. The summed E-state index contributed by atoms with van der Waals surface area (Å²) in [6, 6.07) is -0.388. The summed E-state index contributed by atoms with van der Waals surface area (Å²) in [4.78, 5) is 38.7. The van der Waals surface area contributed by atoms with Gasteiger partial charge in [-0.05, 0) is 38.0 Å². The first-order valence-electron chi connectivity index (χ1n) is 8.46. The Hall–Kier alpha value is -1.59. The van der Waals surface area contributed by atoms with E-state index in [1.807, 2.05) is 13.8 Å². The average Bonchev–Trinajstić information content (AvgIpc) is 3.12. The van der Waals surface area contributed by atoms with Gasteiger partial charge >= 0.3 is 11.9 Å². The minimum Gasteiger partial charge on any atom is -0.469 e. The van der Waals surface area contributed by atoms with Crippen LogP contribution in [0.25, 0.3) is 0 Å². The first-order valence-corrected chi connectivity index (χ1v) is 8.46. The van der Waals surface area contributed by atoms with Crippen LogP contribution in [0.5, 0.6) is 0 Å². The van der Waals surface area contributed by atoms with Crippen LogP contribution in [0.15, 0.2) is 0 Å². The lowest BCUT2D eigenvalue weighted by atomic mass is 9.89. The molecule has 2 aliphatic rings. The van der Waals surface area contributed by atoms with E-state index < -0.39 is 17.9 Å². The smallest absolute Gasteiger partial charge is 0.329 e. The molecule has 1 amide bonds. The molecule has 130 valence electrons. The number of nitrogens with zero attached hydrogens (tertiary/aromatic N) is 1. The topological polar surface area (TPSA) is 72.9 Å². The molecule has 2 bridgehead atoms. The van der Waals surface area contributed by atoms with Gasteiger partial charge in [-0.1, -0.05) is 13.8 Å². The Bertz CT molecular complexity index is 476. The van der Waals surface area contributed by atoms with Crippen molar-refractivity contribution < 1.29 is 23.9 Å². The molecule has 0 aromatic carbocycles. The van der Waals surface area contributed by atoms with Crippen molar-refractivity contribution in [2.45, 2.75) is 58.5 Å². The quantitative estimate of drug-likeness (QED) is 0.696. The third-order valence-corrected chi connectivity index (χ3v) is 5.10. The maximum atomic E-state index is 13.1. The van der Waals surface area contributed by atoms with Crippen LogP contribution in [0.3, 0.4) is 0 Å². The van der Waals surface area contributed by atoms with Crippen molar-refractivity contribution in [2.24, 2.45) is 17.8 Å². The molecule has 0 aromatic heterocycles.